The van der Waals surface area contributed by atoms with Crippen molar-refractivity contribution >= 4 is 11.9 Å². The molecule has 0 radical (unpaired) electrons. The normalized spacial score (nSPS) is 10.1. The van der Waals surface area contributed by atoms with Crippen LogP contribution in [-0.2, 0) is 11.2 Å². The van der Waals surface area contributed by atoms with Crippen molar-refractivity contribution in [1.29, 1.82) is 0 Å². The van der Waals surface area contributed by atoms with Gasteiger partial charge in [0.05, 0.1) is 0 Å². The summed E-state index contributed by atoms with van der Waals surface area (Å²) >= 11 is 0. The lowest BCUT2D eigenvalue weighted by atomic mass is 9.97. The summed E-state index contributed by atoms with van der Waals surface area (Å²) in [5.41, 5.74) is 2.84. The van der Waals surface area contributed by atoms with Gasteiger partial charge in [-0.3, -0.25) is 4.79 Å². The van der Waals surface area contributed by atoms with Gasteiger partial charge < -0.3 is 0 Å². The van der Waals surface area contributed by atoms with Gasteiger partial charge in [-0.15, -0.1) is 0 Å². The van der Waals surface area contributed by atoms with Gasteiger partial charge in [0.25, 0.3) is 0 Å². The first-order valence-electron chi connectivity index (χ1n) is 6.02. The van der Waals surface area contributed by atoms with Gasteiger partial charge in [0.15, 0.2) is 0 Å². The maximum absolute atomic E-state index is 10.7. The van der Waals surface area contributed by atoms with Gasteiger partial charge in [0.2, 0.25) is 0 Å². The first-order valence-corrected chi connectivity index (χ1v) is 6.02. The number of aryl methyl sites for hydroxylation is 1. The zero-order valence-corrected chi connectivity index (χ0v) is 10.0. The molecule has 0 aliphatic heterocycles. The molecular formula is C15H20O. The number of hydrogen-bond donors (Lipinski definition) is 0. The third kappa shape index (κ3) is 3.65. The minimum absolute atomic E-state index is 0.589. The fourth-order valence-electron chi connectivity index (χ4n) is 1.86. The van der Waals surface area contributed by atoms with E-state index in [1.807, 2.05) is 18.2 Å². The number of allylic oxidation sites excluding steroid dienone is 1. The van der Waals surface area contributed by atoms with E-state index in [1.54, 1.807) is 0 Å². The first kappa shape index (κ1) is 12.7. The van der Waals surface area contributed by atoms with Crippen molar-refractivity contribution in [3.63, 3.8) is 0 Å². The minimum atomic E-state index is 0.589. The molecule has 0 saturated heterocycles. The Kier molecular flexibility index (Phi) is 5.55. The lowest BCUT2D eigenvalue weighted by Gasteiger charge is -2.07. The zero-order chi connectivity index (χ0) is 11.8. The van der Waals surface area contributed by atoms with Gasteiger partial charge in [0.1, 0.15) is 6.29 Å². The Morgan fingerprint density at radius 1 is 1.25 bits per heavy atom. The highest BCUT2D eigenvalue weighted by molar-refractivity contribution is 6.06. The summed E-state index contributed by atoms with van der Waals surface area (Å²) in [4.78, 5) is 10.7. The van der Waals surface area contributed by atoms with E-state index in [4.69, 9.17) is 0 Å². The average Bonchev–Trinajstić information content (AvgIpc) is 2.34. The van der Waals surface area contributed by atoms with E-state index >= 15 is 0 Å². The van der Waals surface area contributed by atoms with Gasteiger partial charge in [-0.1, -0.05) is 57.0 Å². The Balaban J connectivity index is 2.64. The van der Waals surface area contributed by atoms with Crippen molar-refractivity contribution in [3.05, 3.63) is 42.0 Å². The van der Waals surface area contributed by atoms with Crippen LogP contribution in [0, 0.1) is 0 Å². The minimum Gasteiger partial charge on any atom is -0.298 e. The molecule has 0 fully saturated rings. The third-order valence-corrected chi connectivity index (χ3v) is 2.81. The second kappa shape index (κ2) is 7.00. The number of carbonyl (C=O) groups is 1. The van der Waals surface area contributed by atoms with Crippen LogP contribution in [0.1, 0.15) is 43.7 Å². The fourth-order valence-corrected chi connectivity index (χ4v) is 1.86. The van der Waals surface area contributed by atoms with Crippen LogP contribution in [0.5, 0.6) is 0 Å². The van der Waals surface area contributed by atoms with Gasteiger partial charge >= 0.3 is 0 Å². The Morgan fingerprint density at radius 3 is 2.69 bits per heavy atom. The second-order valence-corrected chi connectivity index (χ2v) is 4.11. The molecule has 0 spiro atoms. The van der Waals surface area contributed by atoms with Crippen LogP contribution in [0.2, 0.25) is 0 Å². The third-order valence-electron chi connectivity index (χ3n) is 2.81. The molecule has 0 aliphatic carbocycles. The first-order chi connectivity index (χ1) is 7.79. The Hall–Kier alpha value is -1.37. The highest BCUT2D eigenvalue weighted by Gasteiger charge is 2.03. The van der Waals surface area contributed by atoms with Gasteiger partial charge in [-0.25, -0.2) is 0 Å². The van der Waals surface area contributed by atoms with E-state index < -0.39 is 0 Å². The molecule has 16 heavy (non-hydrogen) atoms. The van der Waals surface area contributed by atoms with Gasteiger partial charge in [-0.2, -0.15) is 0 Å². The highest BCUT2D eigenvalue weighted by atomic mass is 16.1. The summed E-state index contributed by atoms with van der Waals surface area (Å²) < 4.78 is 0. The summed E-state index contributed by atoms with van der Waals surface area (Å²) in [5.74, 6) is 0. The predicted molar refractivity (Wildman–Crippen MR) is 69.4 cm³/mol. The lowest BCUT2D eigenvalue weighted by Crippen LogP contribution is -1.94. The zero-order valence-electron chi connectivity index (χ0n) is 10.0. The molecule has 0 unspecified atom stereocenters. The van der Waals surface area contributed by atoms with Crippen molar-refractivity contribution < 1.29 is 4.79 Å². The molecular weight excluding hydrogens is 196 g/mol. The lowest BCUT2D eigenvalue weighted by molar-refractivity contribution is -0.103. The van der Waals surface area contributed by atoms with Crippen LogP contribution in [0.25, 0.3) is 5.57 Å². The van der Waals surface area contributed by atoms with Gasteiger partial charge in [-0.05, 0) is 24.0 Å². The standard InChI is InChI=1S/C15H20O/c1-3-4-5-6-9-14-10-7-8-11-15(14)13(2)12-16/h7-8,10-12H,2-6,9H2,1H3. The van der Waals surface area contributed by atoms with E-state index in [2.05, 4.69) is 19.6 Å². The molecule has 0 bridgehead atoms. The van der Waals surface area contributed by atoms with E-state index in [-0.39, 0.29) is 0 Å². The number of hydrogen-bond acceptors (Lipinski definition) is 1. The summed E-state index contributed by atoms with van der Waals surface area (Å²) in [7, 11) is 0. The Labute approximate surface area is 98.2 Å². The number of rotatable bonds is 7. The van der Waals surface area contributed by atoms with Crippen molar-refractivity contribution in [2.24, 2.45) is 0 Å². The van der Waals surface area contributed by atoms with Crippen LogP contribution >= 0.6 is 0 Å². The number of aldehydes is 1. The van der Waals surface area contributed by atoms with Gasteiger partial charge in [0, 0.05) is 5.57 Å². The predicted octanol–water partition coefficient (Wildman–Crippen LogP) is 4.02. The van der Waals surface area contributed by atoms with E-state index in [0.717, 1.165) is 18.3 Å². The molecule has 0 heterocycles. The van der Waals surface area contributed by atoms with Crippen LogP contribution in [0.4, 0.5) is 0 Å². The maximum atomic E-state index is 10.7. The quantitative estimate of drug-likeness (QED) is 0.382. The molecule has 1 aromatic carbocycles. The molecule has 1 nitrogen and oxygen atoms in total. The molecule has 1 heteroatoms. The van der Waals surface area contributed by atoms with Crippen molar-refractivity contribution in [2.75, 3.05) is 0 Å². The van der Waals surface area contributed by atoms with E-state index in [9.17, 15) is 4.79 Å². The summed E-state index contributed by atoms with van der Waals surface area (Å²) in [6, 6.07) is 8.05. The van der Waals surface area contributed by atoms with E-state index in [1.165, 1.54) is 31.2 Å². The SMILES string of the molecule is C=C(C=O)c1ccccc1CCCCCC. The molecule has 0 saturated carbocycles. The highest BCUT2D eigenvalue weighted by Crippen LogP contribution is 2.18. The smallest absolute Gasteiger partial charge is 0.150 e. The van der Waals surface area contributed by atoms with Crippen molar-refractivity contribution in [1.82, 2.24) is 0 Å². The summed E-state index contributed by atoms with van der Waals surface area (Å²) in [5, 5.41) is 0. The molecule has 0 amide bonds. The molecule has 1 aromatic rings. The number of carbonyl (C=O) groups excluding carboxylic acids is 1. The van der Waals surface area contributed by atoms with Crippen LogP contribution in [0.15, 0.2) is 30.8 Å². The topological polar surface area (TPSA) is 17.1 Å². The Morgan fingerprint density at radius 2 is 2.00 bits per heavy atom. The largest absolute Gasteiger partial charge is 0.298 e. The van der Waals surface area contributed by atoms with Crippen molar-refractivity contribution in [2.45, 2.75) is 39.0 Å². The summed E-state index contributed by atoms with van der Waals surface area (Å²) in [6.07, 6.45) is 6.88. The molecule has 0 aliphatic rings. The maximum Gasteiger partial charge on any atom is 0.150 e. The molecule has 0 aromatic heterocycles. The van der Waals surface area contributed by atoms with Crippen LogP contribution in [-0.4, -0.2) is 6.29 Å². The number of unbranched alkanes of at least 4 members (excludes halogenated alkanes) is 3. The second-order valence-electron chi connectivity index (χ2n) is 4.11. The van der Waals surface area contributed by atoms with E-state index in [0.29, 0.717) is 5.57 Å². The van der Waals surface area contributed by atoms with Crippen molar-refractivity contribution in [3.8, 4) is 0 Å². The van der Waals surface area contributed by atoms with Crippen LogP contribution in [0.3, 0.4) is 0 Å². The van der Waals surface area contributed by atoms with Crippen LogP contribution < -0.4 is 0 Å². The average molecular weight is 216 g/mol. The monoisotopic (exact) mass is 216 g/mol. The fraction of sp³-hybridized carbons (Fsp3) is 0.400. The molecule has 86 valence electrons. The molecule has 0 N–H and O–H groups in total. The molecule has 1 rings (SSSR count). The Bertz CT molecular complexity index is 352. The number of benzene rings is 1. The summed E-state index contributed by atoms with van der Waals surface area (Å²) in [6.45, 7) is 5.99. The molecule has 0 atom stereocenters.